The zero-order valence-corrected chi connectivity index (χ0v) is 9.86. The number of aromatic nitrogens is 1. The van der Waals surface area contributed by atoms with Crippen LogP contribution in [-0.4, -0.2) is 23.2 Å². The van der Waals surface area contributed by atoms with Gasteiger partial charge in [0.2, 0.25) is 0 Å². The SMILES string of the molecule is CC1(C)CC(Nc2cc(N)ccn2)CCO1. The lowest BCUT2D eigenvalue weighted by Gasteiger charge is -2.36. The molecule has 88 valence electrons. The fraction of sp³-hybridized carbons (Fsp3) is 0.583. The van der Waals surface area contributed by atoms with Gasteiger partial charge in [0.05, 0.1) is 5.60 Å². The molecule has 0 radical (unpaired) electrons. The molecule has 2 heterocycles. The predicted octanol–water partition coefficient (Wildman–Crippen LogP) is 2.03. The second-order valence-corrected chi connectivity index (χ2v) is 4.92. The monoisotopic (exact) mass is 221 g/mol. The molecule has 1 saturated heterocycles. The van der Waals surface area contributed by atoms with E-state index in [4.69, 9.17) is 10.5 Å². The number of anilines is 2. The first-order valence-corrected chi connectivity index (χ1v) is 5.67. The smallest absolute Gasteiger partial charge is 0.128 e. The molecule has 4 nitrogen and oxygen atoms in total. The van der Waals surface area contributed by atoms with Crippen molar-refractivity contribution in [1.82, 2.24) is 4.98 Å². The molecule has 1 aliphatic heterocycles. The molecule has 16 heavy (non-hydrogen) atoms. The van der Waals surface area contributed by atoms with Crippen molar-refractivity contribution >= 4 is 11.5 Å². The number of hydrogen-bond acceptors (Lipinski definition) is 4. The number of nitrogens with two attached hydrogens (primary N) is 1. The fourth-order valence-electron chi connectivity index (χ4n) is 2.09. The third-order valence-corrected chi connectivity index (χ3v) is 2.83. The maximum absolute atomic E-state index is 5.71. The van der Waals surface area contributed by atoms with Gasteiger partial charge in [0.1, 0.15) is 5.82 Å². The number of nitrogens with one attached hydrogen (secondary N) is 1. The van der Waals surface area contributed by atoms with Crippen molar-refractivity contribution < 1.29 is 4.74 Å². The van der Waals surface area contributed by atoms with Gasteiger partial charge in [-0.1, -0.05) is 0 Å². The molecule has 3 N–H and O–H groups in total. The van der Waals surface area contributed by atoms with Gasteiger partial charge in [-0.15, -0.1) is 0 Å². The lowest BCUT2D eigenvalue weighted by atomic mass is 9.94. The largest absolute Gasteiger partial charge is 0.399 e. The Morgan fingerprint density at radius 2 is 2.38 bits per heavy atom. The van der Waals surface area contributed by atoms with Crippen LogP contribution in [0.5, 0.6) is 0 Å². The Kier molecular flexibility index (Phi) is 3.01. The maximum Gasteiger partial charge on any atom is 0.128 e. The van der Waals surface area contributed by atoms with Crippen LogP contribution in [0.1, 0.15) is 26.7 Å². The van der Waals surface area contributed by atoms with Crippen molar-refractivity contribution in [1.29, 1.82) is 0 Å². The number of rotatable bonds is 2. The lowest BCUT2D eigenvalue weighted by molar-refractivity contribution is -0.0553. The number of hydrogen-bond donors (Lipinski definition) is 2. The number of nitrogen functional groups attached to an aromatic ring is 1. The summed E-state index contributed by atoms with van der Waals surface area (Å²) in [5.41, 5.74) is 6.41. The summed E-state index contributed by atoms with van der Waals surface area (Å²) in [6, 6.07) is 4.07. The van der Waals surface area contributed by atoms with Gasteiger partial charge in [0, 0.05) is 30.6 Å². The van der Waals surface area contributed by atoms with E-state index in [2.05, 4.69) is 24.1 Å². The van der Waals surface area contributed by atoms with E-state index in [1.807, 2.05) is 6.07 Å². The van der Waals surface area contributed by atoms with Gasteiger partial charge in [0.25, 0.3) is 0 Å². The van der Waals surface area contributed by atoms with Crippen molar-refractivity contribution in [2.75, 3.05) is 17.7 Å². The van der Waals surface area contributed by atoms with Crippen LogP contribution in [0.25, 0.3) is 0 Å². The van der Waals surface area contributed by atoms with Gasteiger partial charge in [-0.25, -0.2) is 4.98 Å². The quantitative estimate of drug-likeness (QED) is 0.802. The summed E-state index contributed by atoms with van der Waals surface area (Å²) in [5, 5.41) is 3.41. The minimum atomic E-state index is -0.0454. The van der Waals surface area contributed by atoms with Crippen LogP contribution >= 0.6 is 0 Å². The molecule has 1 aromatic heterocycles. The standard InChI is InChI=1S/C12H19N3O/c1-12(2)8-10(4-6-16-12)15-11-7-9(13)3-5-14-11/h3,5,7,10H,4,6,8H2,1-2H3,(H3,13,14,15). The minimum absolute atomic E-state index is 0.0454. The second-order valence-electron chi connectivity index (χ2n) is 4.92. The lowest BCUT2D eigenvalue weighted by Crippen LogP contribution is -2.40. The molecule has 0 aliphatic carbocycles. The molecular weight excluding hydrogens is 202 g/mol. The van der Waals surface area contributed by atoms with Crippen LogP contribution in [0.2, 0.25) is 0 Å². The Labute approximate surface area is 96.2 Å². The number of pyridine rings is 1. The fourth-order valence-corrected chi connectivity index (χ4v) is 2.09. The van der Waals surface area contributed by atoms with Crippen LogP contribution in [0.4, 0.5) is 11.5 Å². The molecule has 1 fully saturated rings. The van der Waals surface area contributed by atoms with E-state index in [1.54, 1.807) is 12.3 Å². The zero-order chi connectivity index (χ0) is 11.6. The van der Waals surface area contributed by atoms with Gasteiger partial charge in [-0.2, -0.15) is 0 Å². The third kappa shape index (κ3) is 2.85. The Balaban J connectivity index is 1.99. The molecule has 0 saturated carbocycles. The van der Waals surface area contributed by atoms with Crippen molar-refractivity contribution in [3.63, 3.8) is 0 Å². The van der Waals surface area contributed by atoms with Crippen molar-refractivity contribution in [2.24, 2.45) is 0 Å². The summed E-state index contributed by atoms with van der Waals surface area (Å²) in [6.07, 6.45) is 3.73. The van der Waals surface area contributed by atoms with E-state index in [1.165, 1.54) is 0 Å². The van der Waals surface area contributed by atoms with E-state index in [0.717, 1.165) is 31.0 Å². The van der Waals surface area contributed by atoms with Crippen molar-refractivity contribution in [3.05, 3.63) is 18.3 Å². The first kappa shape index (κ1) is 11.2. The molecule has 1 unspecified atom stereocenters. The van der Waals surface area contributed by atoms with Crippen LogP contribution < -0.4 is 11.1 Å². The Hall–Kier alpha value is -1.29. The number of nitrogens with zero attached hydrogens (tertiary/aromatic N) is 1. The van der Waals surface area contributed by atoms with Gasteiger partial charge in [0.15, 0.2) is 0 Å². The van der Waals surface area contributed by atoms with Crippen molar-refractivity contribution in [3.8, 4) is 0 Å². The Morgan fingerprint density at radius 3 is 3.06 bits per heavy atom. The topological polar surface area (TPSA) is 60.2 Å². The van der Waals surface area contributed by atoms with Crippen LogP contribution in [-0.2, 0) is 4.74 Å². The molecule has 1 aliphatic rings. The van der Waals surface area contributed by atoms with Crippen molar-refractivity contribution in [2.45, 2.75) is 38.3 Å². The first-order valence-electron chi connectivity index (χ1n) is 5.67. The summed E-state index contributed by atoms with van der Waals surface area (Å²) < 4.78 is 5.67. The van der Waals surface area contributed by atoms with Gasteiger partial charge >= 0.3 is 0 Å². The minimum Gasteiger partial charge on any atom is -0.399 e. The van der Waals surface area contributed by atoms with Gasteiger partial charge in [-0.05, 0) is 32.8 Å². The second kappa shape index (κ2) is 4.29. The molecule has 2 rings (SSSR count). The van der Waals surface area contributed by atoms with Gasteiger partial charge in [-0.3, -0.25) is 0 Å². The predicted molar refractivity (Wildman–Crippen MR) is 65.3 cm³/mol. The average molecular weight is 221 g/mol. The van der Waals surface area contributed by atoms with Gasteiger partial charge < -0.3 is 15.8 Å². The summed E-state index contributed by atoms with van der Waals surface area (Å²) in [6.45, 7) is 5.04. The third-order valence-electron chi connectivity index (χ3n) is 2.83. The highest BCUT2D eigenvalue weighted by Crippen LogP contribution is 2.26. The summed E-state index contributed by atoms with van der Waals surface area (Å²) >= 11 is 0. The first-order chi connectivity index (χ1) is 7.55. The average Bonchev–Trinajstić information content (AvgIpc) is 2.15. The molecule has 0 bridgehead atoms. The van der Waals surface area contributed by atoms with Crippen LogP contribution in [0, 0.1) is 0 Å². The molecule has 0 amide bonds. The highest BCUT2D eigenvalue weighted by Gasteiger charge is 2.28. The maximum atomic E-state index is 5.71. The Bertz CT molecular complexity index is 365. The summed E-state index contributed by atoms with van der Waals surface area (Å²) in [4.78, 5) is 4.25. The van der Waals surface area contributed by atoms with E-state index >= 15 is 0 Å². The van der Waals surface area contributed by atoms with Crippen LogP contribution in [0.3, 0.4) is 0 Å². The van der Waals surface area contributed by atoms with E-state index in [-0.39, 0.29) is 5.60 Å². The number of ether oxygens (including phenoxy) is 1. The molecule has 1 aromatic rings. The summed E-state index contributed by atoms with van der Waals surface area (Å²) in [7, 11) is 0. The van der Waals surface area contributed by atoms with Crippen LogP contribution in [0.15, 0.2) is 18.3 Å². The van der Waals surface area contributed by atoms with E-state index < -0.39 is 0 Å². The Morgan fingerprint density at radius 1 is 1.56 bits per heavy atom. The molecular formula is C12H19N3O. The molecule has 0 aromatic carbocycles. The highest BCUT2D eigenvalue weighted by molar-refractivity contribution is 5.48. The zero-order valence-electron chi connectivity index (χ0n) is 9.86. The molecule has 0 spiro atoms. The van der Waals surface area contributed by atoms with E-state index in [0.29, 0.717) is 6.04 Å². The molecule has 1 atom stereocenters. The van der Waals surface area contributed by atoms with E-state index in [9.17, 15) is 0 Å². The summed E-state index contributed by atoms with van der Waals surface area (Å²) in [5.74, 6) is 0.850. The normalized spacial score (nSPS) is 24.0. The highest BCUT2D eigenvalue weighted by atomic mass is 16.5. The molecule has 4 heteroatoms.